The number of Topliss-reactive ketones (excluding diaryl/α,β-unsaturated/α-hetero) is 1. The number of ketones is 1. The highest BCUT2D eigenvalue weighted by Gasteiger charge is 2.40. The van der Waals surface area contributed by atoms with Gasteiger partial charge in [0.05, 0.1) is 0 Å². The van der Waals surface area contributed by atoms with Crippen LogP contribution >= 0.6 is 11.6 Å². The maximum atomic E-state index is 14.0. The molecule has 8 heteroatoms. The van der Waals surface area contributed by atoms with Gasteiger partial charge in [-0.1, -0.05) is 17.7 Å². The van der Waals surface area contributed by atoms with Gasteiger partial charge in [-0.2, -0.15) is 0 Å². The van der Waals surface area contributed by atoms with Crippen molar-refractivity contribution in [1.82, 2.24) is 10.2 Å². The number of likely N-dealkylation sites (tertiary alicyclic amines) is 1. The van der Waals surface area contributed by atoms with Gasteiger partial charge in [0.25, 0.3) is 0 Å². The Morgan fingerprint density at radius 3 is 2.58 bits per heavy atom. The zero-order valence-corrected chi connectivity index (χ0v) is 15.6. The van der Waals surface area contributed by atoms with Crippen molar-refractivity contribution in [3.05, 3.63) is 34.4 Å². The third-order valence-electron chi connectivity index (χ3n) is 4.52. The minimum atomic E-state index is -0.949. The van der Waals surface area contributed by atoms with Crippen LogP contribution in [-0.4, -0.2) is 41.1 Å². The molecule has 0 saturated carbocycles. The number of rotatable bonds is 4. The number of nitrogens with one attached hydrogen (secondary N) is 1. The van der Waals surface area contributed by atoms with Crippen molar-refractivity contribution in [3.8, 4) is 0 Å². The predicted octanol–water partition coefficient (Wildman–Crippen LogP) is 2.49. The van der Waals surface area contributed by atoms with Crippen LogP contribution in [-0.2, 0) is 20.8 Å². The molecule has 1 aliphatic heterocycles. The Morgan fingerprint density at radius 2 is 1.96 bits per heavy atom. The molecule has 1 fully saturated rings. The molecule has 1 heterocycles. The standard InChI is InChI=1S/C18H21ClF2N2O3/c1-9(2)22-17(25)18(26)23-7-6-12(10(23)3)14(24)8-11-4-5-13(20)15(19)16(11)21/h4-5,9-10,12H,6-8H2,1-3H3,(H,22,25)/t10-,12?/m0/s1. The van der Waals surface area contributed by atoms with Gasteiger partial charge < -0.3 is 10.2 Å². The van der Waals surface area contributed by atoms with Crippen LogP contribution in [0.1, 0.15) is 32.8 Å². The molecule has 1 aromatic carbocycles. The molecule has 2 atom stereocenters. The predicted molar refractivity (Wildman–Crippen MR) is 92.6 cm³/mol. The Hall–Kier alpha value is -2.02. The molecule has 5 nitrogen and oxygen atoms in total. The summed E-state index contributed by atoms with van der Waals surface area (Å²) in [4.78, 5) is 38.0. The summed E-state index contributed by atoms with van der Waals surface area (Å²) in [6.07, 6.45) is 0.137. The van der Waals surface area contributed by atoms with Crippen molar-refractivity contribution < 1.29 is 23.2 Å². The minimum absolute atomic E-state index is 0.0101. The van der Waals surface area contributed by atoms with Gasteiger partial charge in [0.2, 0.25) is 0 Å². The highest BCUT2D eigenvalue weighted by molar-refractivity contribution is 6.35. The van der Waals surface area contributed by atoms with Gasteiger partial charge in [-0.05, 0) is 38.8 Å². The van der Waals surface area contributed by atoms with Crippen LogP contribution in [0.25, 0.3) is 0 Å². The molecule has 0 radical (unpaired) electrons. The Kier molecular flexibility index (Phi) is 6.34. The second-order valence-corrected chi connectivity index (χ2v) is 7.12. The van der Waals surface area contributed by atoms with Crippen LogP contribution in [0.2, 0.25) is 5.02 Å². The Labute approximate surface area is 155 Å². The molecule has 1 saturated heterocycles. The number of carbonyl (C=O) groups is 3. The number of benzene rings is 1. The summed E-state index contributed by atoms with van der Waals surface area (Å²) in [5.74, 6) is -4.03. The molecule has 1 unspecified atom stereocenters. The minimum Gasteiger partial charge on any atom is -0.346 e. The normalized spacial score (nSPS) is 19.7. The summed E-state index contributed by atoms with van der Waals surface area (Å²) in [6.45, 7) is 5.44. The lowest BCUT2D eigenvalue weighted by molar-refractivity contribution is -0.147. The van der Waals surface area contributed by atoms with Crippen LogP contribution in [0, 0.1) is 17.6 Å². The third-order valence-corrected chi connectivity index (χ3v) is 4.87. The van der Waals surface area contributed by atoms with Crippen molar-refractivity contribution >= 4 is 29.2 Å². The van der Waals surface area contributed by atoms with E-state index in [0.29, 0.717) is 6.42 Å². The molecule has 2 amide bonds. The van der Waals surface area contributed by atoms with E-state index in [4.69, 9.17) is 11.6 Å². The average molecular weight is 387 g/mol. The van der Waals surface area contributed by atoms with Crippen LogP contribution < -0.4 is 5.32 Å². The van der Waals surface area contributed by atoms with E-state index >= 15 is 0 Å². The topological polar surface area (TPSA) is 66.5 Å². The van der Waals surface area contributed by atoms with E-state index in [1.165, 1.54) is 11.0 Å². The largest absolute Gasteiger partial charge is 0.346 e. The number of hydrogen-bond acceptors (Lipinski definition) is 3. The average Bonchev–Trinajstić information content (AvgIpc) is 2.95. The van der Waals surface area contributed by atoms with Gasteiger partial charge in [0, 0.05) is 31.0 Å². The van der Waals surface area contributed by atoms with Crippen LogP contribution in [0.4, 0.5) is 8.78 Å². The molecule has 26 heavy (non-hydrogen) atoms. The number of carbonyl (C=O) groups excluding carboxylic acids is 3. The molecular weight excluding hydrogens is 366 g/mol. The fourth-order valence-corrected chi connectivity index (χ4v) is 3.32. The van der Waals surface area contributed by atoms with Crippen molar-refractivity contribution in [3.63, 3.8) is 0 Å². The molecule has 0 aromatic heterocycles. The molecular formula is C18H21ClF2N2O3. The summed E-state index contributed by atoms with van der Waals surface area (Å²) in [5.41, 5.74) is 0.0101. The summed E-state index contributed by atoms with van der Waals surface area (Å²) in [7, 11) is 0. The molecule has 1 aromatic rings. The van der Waals surface area contributed by atoms with Crippen molar-refractivity contribution in [2.24, 2.45) is 5.92 Å². The zero-order chi connectivity index (χ0) is 19.6. The summed E-state index contributed by atoms with van der Waals surface area (Å²) in [6, 6.07) is 1.55. The third kappa shape index (κ3) is 4.20. The Morgan fingerprint density at radius 1 is 1.31 bits per heavy atom. The molecule has 0 spiro atoms. The van der Waals surface area contributed by atoms with Gasteiger partial charge in [-0.3, -0.25) is 14.4 Å². The monoisotopic (exact) mass is 386 g/mol. The summed E-state index contributed by atoms with van der Waals surface area (Å²) in [5, 5.41) is 1.89. The van der Waals surface area contributed by atoms with Crippen LogP contribution in [0.3, 0.4) is 0 Å². The van der Waals surface area contributed by atoms with Gasteiger partial charge in [-0.25, -0.2) is 8.78 Å². The highest BCUT2D eigenvalue weighted by atomic mass is 35.5. The molecule has 0 aliphatic carbocycles. The van der Waals surface area contributed by atoms with E-state index in [1.807, 2.05) is 0 Å². The van der Waals surface area contributed by atoms with Gasteiger partial charge in [-0.15, -0.1) is 0 Å². The maximum absolute atomic E-state index is 14.0. The zero-order valence-electron chi connectivity index (χ0n) is 14.8. The number of nitrogens with zero attached hydrogens (tertiary/aromatic N) is 1. The first kappa shape index (κ1) is 20.3. The quantitative estimate of drug-likeness (QED) is 0.638. The van der Waals surface area contributed by atoms with Gasteiger partial charge in [0.15, 0.2) is 0 Å². The SMILES string of the molecule is CC(C)NC(=O)C(=O)N1CCC(C(=O)Cc2ccc(F)c(Cl)c2F)[C@@H]1C. The van der Waals surface area contributed by atoms with Crippen molar-refractivity contribution in [2.75, 3.05) is 6.54 Å². The maximum Gasteiger partial charge on any atom is 0.312 e. The fraction of sp³-hybridized carbons (Fsp3) is 0.500. The van der Waals surface area contributed by atoms with Gasteiger partial charge in [0.1, 0.15) is 22.4 Å². The lowest BCUT2D eigenvalue weighted by atomic mass is 9.92. The number of amides is 2. The van der Waals surface area contributed by atoms with Gasteiger partial charge >= 0.3 is 11.8 Å². The van der Waals surface area contributed by atoms with Crippen LogP contribution in [0.5, 0.6) is 0 Å². The van der Waals surface area contributed by atoms with Crippen molar-refractivity contribution in [2.45, 2.75) is 45.7 Å². The first-order valence-corrected chi connectivity index (χ1v) is 8.77. The number of hydrogen-bond donors (Lipinski definition) is 1. The highest BCUT2D eigenvalue weighted by Crippen LogP contribution is 2.28. The van der Waals surface area contributed by atoms with E-state index in [-0.39, 0.29) is 30.4 Å². The first-order chi connectivity index (χ1) is 12.1. The van der Waals surface area contributed by atoms with E-state index < -0.39 is 40.4 Å². The lowest BCUT2D eigenvalue weighted by Crippen LogP contribution is -2.47. The van der Waals surface area contributed by atoms with E-state index in [2.05, 4.69) is 5.32 Å². The molecule has 1 aliphatic rings. The smallest absolute Gasteiger partial charge is 0.312 e. The van der Waals surface area contributed by atoms with E-state index in [1.54, 1.807) is 20.8 Å². The molecule has 2 rings (SSSR count). The van der Waals surface area contributed by atoms with E-state index in [0.717, 1.165) is 6.07 Å². The molecule has 0 bridgehead atoms. The Bertz CT molecular complexity index is 739. The summed E-state index contributed by atoms with van der Waals surface area (Å²) < 4.78 is 27.2. The van der Waals surface area contributed by atoms with Crippen LogP contribution in [0.15, 0.2) is 12.1 Å². The first-order valence-electron chi connectivity index (χ1n) is 8.40. The van der Waals surface area contributed by atoms with Crippen molar-refractivity contribution in [1.29, 1.82) is 0 Å². The van der Waals surface area contributed by atoms with E-state index in [9.17, 15) is 23.2 Å². The second kappa shape index (κ2) is 8.12. The molecule has 142 valence electrons. The summed E-state index contributed by atoms with van der Waals surface area (Å²) >= 11 is 5.54. The number of halogens is 3. The fourth-order valence-electron chi connectivity index (χ4n) is 3.13. The lowest BCUT2D eigenvalue weighted by Gasteiger charge is -2.24. The Balaban J connectivity index is 2.07. The second-order valence-electron chi connectivity index (χ2n) is 6.74. The molecule has 1 N–H and O–H groups in total.